The first kappa shape index (κ1) is 61.8. The summed E-state index contributed by atoms with van der Waals surface area (Å²) in [5.41, 5.74) is 2.86. The molecule has 10 rings (SSSR count). The van der Waals surface area contributed by atoms with Crippen molar-refractivity contribution in [3.05, 3.63) is 257 Å². The number of benzene rings is 6. The number of rotatable bonds is 23. The Kier molecular flexibility index (Phi) is 18.6. The van der Waals surface area contributed by atoms with E-state index < -0.39 is 109 Å². The van der Waals surface area contributed by atoms with Gasteiger partial charge in [-0.15, -0.1) is 0 Å². The summed E-state index contributed by atoms with van der Waals surface area (Å²) in [5, 5.41) is 2.41. The molecule has 8 atom stereocenters. The predicted octanol–water partition coefficient (Wildman–Crippen LogP) is 5.47. The van der Waals surface area contributed by atoms with Crippen molar-refractivity contribution in [1.82, 2.24) is 24.4 Å². The summed E-state index contributed by atoms with van der Waals surface area (Å²) >= 11 is 0. The lowest BCUT2D eigenvalue weighted by molar-refractivity contribution is -0.138. The fraction of sp³-hybridized carbons (Fsp3) is 0.270. The van der Waals surface area contributed by atoms with Crippen LogP contribution in [0.15, 0.2) is 195 Å². The number of methoxy groups -OCH3 is 4. The molecule has 0 aliphatic carbocycles. The molecule has 2 aliphatic rings. The monoisotopic (exact) mass is 1220 g/mol. The molecule has 2 aliphatic heterocycles. The van der Waals surface area contributed by atoms with Crippen LogP contribution in [0.25, 0.3) is 0 Å². The van der Waals surface area contributed by atoms with E-state index in [1.54, 1.807) is 84.9 Å². The number of carbonyl (C=O) groups excluding carboxylic acids is 2. The van der Waals surface area contributed by atoms with Crippen LogP contribution < -0.4 is 52.5 Å². The number of nitrogens with zero attached hydrogens (tertiary/aromatic N) is 2. The molecule has 25 heteroatoms. The second-order valence-electron chi connectivity index (χ2n) is 20.6. The summed E-state index contributed by atoms with van der Waals surface area (Å²) in [5.74, 6) is -0.761. The third-order valence-corrected chi connectivity index (χ3v) is 16.4. The van der Waals surface area contributed by atoms with Gasteiger partial charge in [-0.3, -0.25) is 47.3 Å². The Labute approximate surface area is 502 Å². The highest BCUT2D eigenvalue weighted by Crippen LogP contribution is 2.52. The van der Waals surface area contributed by atoms with Gasteiger partial charge in [-0.05, 0) is 88.8 Å². The number of aromatic nitrogens is 4. The Bertz CT molecular complexity index is 3940. The van der Waals surface area contributed by atoms with Gasteiger partial charge in [0.15, 0.2) is 6.23 Å². The number of H-pyrrole nitrogens is 2. The minimum Gasteiger partial charge on any atom is -0.497 e. The standard InChI is InChI=1S/C63H63N6O18P/c1-38-35-69(61(75)67-57(38)72)53-34-49(86-63(40-14-10-7-11-15-40,43-20-28-47(80-4)29-21-43)44-22-30-48(81-5)31-23-44)50(84-53)37-83-88(76,77)87-55-51(85-59(54(55)66-58(73)56(64)71)68-33-32-52(70)65-60(68)74)36-82-62(39-12-8-6-9-13-39,41-16-24-45(78-2)25-17-41)42-18-26-46(79-3)27-19-42/h6-33,35,49-51,53-55,59H,34,36-37H2,1-5H3,(H2,64,71)(H,66,73)(H,76,77)(H,65,70,74)(H,67,72,75)/t49-,50+,51+,53+,54+,55+,59+/m0/s1. The highest BCUT2D eigenvalue weighted by molar-refractivity contribution is 7.47. The molecule has 0 spiro atoms. The molecular weight excluding hydrogens is 1160 g/mol. The highest BCUT2D eigenvalue weighted by Gasteiger charge is 2.53. The van der Waals surface area contributed by atoms with E-state index >= 15 is 4.57 Å². The van der Waals surface area contributed by atoms with Gasteiger partial charge in [-0.1, -0.05) is 109 Å². The normalized spacial score (nSPS) is 20.0. The van der Waals surface area contributed by atoms with Gasteiger partial charge in [0.05, 0.1) is 47.8 Å². The van der Waals surface area contributed by atoms with E-state index in [1.807, 2.05) is 72.8 Å². The summed E-state index contributed by atoms with van der Waals surface area (Å²) in [7, 11) is 0.531. The first-order chi connectivity index (χ1) is 42.4. The molecule has 2 amide bonds. The average Bonchev–Trinajstić information content (AvgIpc) is 1.08. The number of nitrogens with one attached hydrogen (secondary N) is 3. The van der Waals surface area contributed by atoms with E-state index in [2.05, 4.69) is 15.3 Å². The van der Waals surface area contributed by atoms with Crippen molar-refractivity contribution in [2.24, 2.45) is 5.73 Å². The number of ether oxygens (including phenoxy) is 8. The van der Waals surface area contributed by atoms with Crippen LogP contribution in [-0.4, -0.2) is 108 Å². The van der Waals surface area contributed by atoms with Crippen LogP contribution in [-0.2, 0) is 53.4 Å². The van der Waals surface area contributed by atoms with E-state index in [-0.39, 0.29) is 12.0 Å². The quantitative estimate of drug-likeness (QED) is 0.0301. The van der Waals surface area contributed by atoms with Gasteiger partial charge in [0, 0.05) is 30.4 Å². The first-order valence-electron chi connectivity index (χ1n) is 27.6. The van der Waals surface area contributed by atoms with Crippen LogP contribution in [0.1, 0.15) is 57.8 Å². The zero-order valence-electron chi connectivity index (χ0n) is 48.2. The van der Waals surface area contributed by atoms with Crippen LogP contribution in [0.5, 0.6) is 23.0 Å². The van der Waals surface area contributed by atoms with Crippen molar-refractivity contribution in [3.8, 4) is 23.0 Å². The first-order valence-corrected chi connectivity index (χ1v) is 29.1. The Morgan fingerprint density at radius 1 is 0.625 bits per heavy atom. The van der Waals surface area contributed by atoms with Crippen LogP contribution in [0.2, 0.25) is 0 Å². The van der Waals surface area contributed by atoms with Crippen LogP contribution in [0.4, 0.5) is 0 Å². The van der Waals surface area contributed by atoms with Gasteiger partial charge < -0.3 is 53.8 Å². The molecule has 6 aromatic carbocycles. The molecule has 8 aromatic rings. The van der Waals surface area contributed by atoms with Gasteiger partial charge in [0.1, 0.15) is 64.8 Å². The van der Waals surface area contributed by atoms with Crippen molar-refractivity contribution < 1.29 is 66.0 Å². The SMILES string of the molecule is COc1ccc(C(OC[C@H]2O[C@@H](n3ccc(=O)[nH]c3=O)[C@H](NC(=O)C(N)=O)[C@@H]2OP(=O)(O)OC[C@H]2O[C@@H](n3cc(C)c(=O)[nH]c3=O)C[C@@H]2OC(c2ccccc2)(c2ccc(OC)cc2)c2ccc(OC)cc2)(c2ccccc2)c2ccc(OC)cc2)cc1. The number of phosphoric ester groups is 1. The van der Waals surface area contributed by atoms with Crippen LogP contribution in [0, 0.1) is 6.92 Å². The molecular formula is C63H63N6O18P. The molecule has 2 aromatic heterocycles. The maximum atomic E-state index is 15.1. The second kappa shape index (κ2) is 26.4. The Morgan fingerprint density at radius 3 is 1.57 bits per heavy atom. The van der Waals surface area contributed by atoms with Gasteiger partial charge in [-0.2, -0.15) is 0 Å². The summed E-state index contributed by atoms with van der Waals surface area (Å²) in [6.07, 6.45) is -6.58. The number of aryl methyl sites for hydroxylation is 1. The number of phosphoric acid groups is 1. The Hall–Kier alpha value is -9.23. The number of hydrogen-bond acceptors (Lipinski definition) is 17. The molecule has 24 nitrogen and oxygen atoms in total. The van der Waals surface area contributed by atoms with Crippen molar-refractivity contribution in [2.75, 3.05) is 41.7 Å². The average molecular weight is 1220 g/mol. The largest absolute Gasteiger partial charge is 0.497 e. The van der Waals surface area contributed by atoms with Gasteiger partial charge in [0.2, 0.25) is 0 Å². The summed E-state index contributed by atoms with van der Waals surface area (Å²) in [6, 6.07) is 46.0. The molecule has 2 saturated heterocycles. The fourth-order valence-electron chi connectivity index (χ4n) is 11.1. The van der Waals surface area contributed by atoms with Crippen LogP contribution >= 0.6 is 7.82 Å². The summed E-state index contributed by atoms with van der Waals surface area (Å²) < 4.78 is 79.2. The number of aromatic amines is 2. The minimum atomic E-state index is -5.57. The van der Waals surface area contributed by atoms with Crippen molar-refractivity contribution in [2.45, 2.75) is 67.5 Å². The van der Waals surface area contributed by atoms with E-state index in [0.29, 0.717) is 56.4 Å². The number of nitrogens with two attached hydrogens (primary N) is 1. The maximum Gasteiger partial charge on any atom is 0.472 e. The molecule has 6 N–H and O–H groups in total. The number of hydrogen-bond donors (Lipinski definition) is 5. The van der Waals surface area contributed by atoms with Crippen molar-refractivity contribution in [3.63, 3.8) is 0 Å². The molecule has 0 bridgehead atoms. The molecule has 88 heavy (non-hydrogen) atoms. The lowest BCUT2D eigenvalue weighted by atomic mass is 9.79. The molecule has 1 unspecified atom stereocenters. The van der Waals surface area contributed by atoms with Gasteiger partial charge >= 0.3 is 31.0 Å². The van der Waals surface area contributed by atoms with E-state index in [1.165, 1.54) is 46.1 Å². The van der Waals surface area contributed by atoms with E-state index in [4.69, 9.17) is 52.7 Å². The maximum absolute atomic E-state index is 15.1. The second-order valence-corrected chi connectivity index (χ2v) is 22.0. The molecule has 458 valence electrons. The summed E-state index contributed by atoms with van der Waals surface area (Å²) in [6.45, 7) is 0.127. The smallest absolute Gasteiger partial charge is 0.472 e. The topological polar surface area (TPSA) is 312 Å². The lowest BCUT2D eigenvalue weighted by Gasteiger charge is -2.39. The zero-order chi connectivity index (χ0) is 62.3. The fourth-order valence-corrected chi connectivity index (χ4v) is 12.0. The minimum absolute atomic E-state index is 0.116. The Morgan fingerprint density at radius 2 is 1.09 bits per heavy atom. The highest BCUT2D eigenvalue weighted by atomic mass is 31.2. The van der Waals surface area contributed by atoms with Crippen molar-refractivity contribution in [1.29, 1.82) is 0 Å². The number of carbonyl (C=O) groups is 2. The van der Waals surface area contributed by atoms with E-state index in [9.17, 15) is 33.7 Å². The van der Waals surface area contributed by atoms with Crippen molar-refractivity contribution >= 4 is 19.6 Å². The molecule has 4 heterocycles. The third-order valence-electron chi connectivity index (χ3n) is 15.4. The number of amides is 2. The molecule has 0 saturated carbocycles. The predicted molar refractivity (Wildman–Crippen MR) is 317 cm³/mol. The van der Waals surface area contributed by atoms with Crippen LogP contribution in [0.3, 0.4) is 0 Å². The number of primary amides is 1. The zero-order valence-corrected chi connectivity index (χ0v) is 49.1. The van der Waals surface area contributed by atoms with E-state index in [0.717, 1.165) is 16.8 Å². The summed E-state index contributed by atoms with van der Waals surface area (Å²) in [4.78, 5) is 95.2. The molecule has 0 radical (unpaired) electrons. The lowest BCUT2D eigenvalue weighted by Crippen LogP contribution is -2.52. The van der Waals surface area contributed by atoms with Gasteiger partial charge in [0.25, 0.3) is 11.1 Å². The Balaban J connectivity index is 1.06. The third kappa shape index (κ3) is 12.8. The molecule has 2 fully saturated rings. The van der Waals surface area contributed by atoms with Gasteiger partial charge in [-0.25, -0.2) is 14.2 Å².